The third-order valence-electron chi connectivity index (χ3n) is 2.75. The molecule has 0 saturated carbocycles. The van der Waals surface area contributed by atoms with Crippen LogP contribution in [0.15, 0.2) is 0 Å². The Morgan fingerprint density at radius 3 is 2.07 bits per heavy atom. The fraction of sp³-hybridized carbons (Fsp3) is 1.00. The highest BCUT2D eigenvalue weighted by Gasteiger charge is 2.20. The fourth-order valence-electron chi connectivity index (χ4n) is 1.35. The van der Waals surface area contributed by atoms with Crippen molar-refractivity contribution in [3.63, 3.8) is 0 Å². The molecular weight excluding hydrogens is 212 g/mol. The van der Waals surface area contributed by atoms with Gasteiger partial charge in [-0.05, 0) is 19.9 Å². The summed E-state index contributed by atoms with van der Waals surface area (Å²) in [5, 5.41) is 2.49. The molecule has 0 rings (SSSR count). The van der Waals surface area contributed by atoms with Crippen molar-refractivity contribution in [3.05, 3.63) is 0 Å². The van der Waals surface area contributed by atoms with Crippen LogP contribution < -0.4 is 10.0 Å². The van der Waals surface area contributed by atoms with Gasteiger partial charge in [0.15, 0.2) is 0 Å². The molecular formula is C10H24N2O2S. The van der Waals surface area contributed by atoms with Gasteiger partial charge in [-0.1, -0.05) is 26.7 Å². The van der Waals surface area contributed by atoms with E-state index in [2.05, 4.69) is 23.9 Å². The van der Waals surface area contributed by atoms with Gasteiger partial charge in [0.05, 0.1) is 5.25 Å². The molecule has 5 heteroatoms. The Kier molecular flexibility index (Phi) is 7.13. The van der Waals surface area contributed by atoms with E-state index in [0.717, 1.165) is 12.8 Å². The maximum atomic E-state index is 11.7. The monoisotopic (exact) mass is 236 g/mol. The summed E-state index contributed by atoms with van der Waals surface area (Å²) >= 11 is 0. The van der Waals surface area contributed by atoms with Crippen LogP contribution in [0, 0.1) is 5.92 Å². The van der Waals surface area contributed by atoms with Gasteiger partial charge in [0.2, 0.25) is 10.0 Å². The Bertz CT molecular complexity index is 248. The Hall–Kier alpha value is -0.130. The predicted molar refractivity (Wildman–Crippen MR) is 64.4 cm³/mol. The third kappa shape index (κ3) is 5.49. The molecule has 1 unspecified atom stereocenters. The molecule has 0 bridgehead atoms. The Balaban J connectivity index is 4.14. The summed E-state index contributed by atoms with van der Waals surface area (Å²) in [6.07, 6.45) is 2.03. The first-order valence-corrected chi connectivity index (χ1v) is 7.15. The Labute approximate surface area is 93.9 Å². The van der Waals surface area contributed by atoms with Crippen molar-refractivity contribution in [2.75, 3.05) is 20.1 Å². The number of hydrogen-bond acceptors (Lipinski definition) is 3. The average molecular weight is 236 g/mol. The molecule has 0 aliphatic carbocycles. The van der Waals surface area contributed by atoms with Crippen molar-refractivity contribution < 1.29 is 8.42 Å². The van der Waals surface area contributed by atoms with Crippen molar-refractivity contribution in [2.45, 2.75) is 38.9 Å². The summed E-state index contributed by atoms with van der Waals surface area (Å²) in [6, 6.07) is 0. The van der Waals surface area contributed by atoms with Crippen molar-refractivity contribution >= 4 is 10.0 Å². The molecule has 0 saturated heterocycles. The van der Waals surface area contributed by atoms with Crippen molar-refractivity contribution in [1.29, 1.82) is 0 Å². The molecule has 0 aromatic rings. The van der Waals surface area contributed by atoms with Crippen LogP contribution in [-0.4, -0.2) is 33.8 Å². The molecule has 0 radical (unpaired) electrons. The van der Waals surface area contributed by atoms with Gasteiger partial charge in [0, 0.05) is 13.1 Å². The molecule has 0 aliphatic heterocycles. The quantitative estimate of drug-likeness (QED) is 0.660. The molecule has 0 aromatic carbocycles. The number of rotatable bonds is 8. The van der Waals surface area contributed by atoms with Crippen LogP contribution in [-0.2, 0) is 10.0 Å². The topological polar surface area (TPSA) is 58.2 Å². The van der Waals surface area contributed by atoms with Crippen LogP contribution in [0.2, 0.25) is 0 Å². The molecule has 0 spiro atoms. The van der Waals surface area contributed by atoms with Gasteiger partial charge in [-0.15, -0.1) is 0 Å². The summed E-state index contributed by atoms with van der Waals surface area (Å²) in [5.74, 6) is 0.446. The SMILES string of the molecule is CCC(CC)CNS(=O)(=O)C(C)CNC. The maximum Gasteiger partial charge on any atom is 0.215 e. The summed E-state index contributed by atoms with van der Waals surface area (Å²) < 4.78 is 26.1. The van der Waals surface area contributed by atoms with Crippen molar-refractivity contribution in [2.24, 2.45) is 5.92 Å². The van der Waals surface area contributed by atoms with E-state index in [1.54, 1.807) is 14.0 Å². The van der Waals surface area contributed by atoms with Crippen LogP contribution in [0.25, 0.3) is 0 Å². The highest BCUT2D eigenvalue weighted by Crippen LogP contribution is 2.07. The standard InChI is InChI=1S/C10H24N2O2S/c1-5-10(6-2)8-12-15(13,14)9(3)7-11-4/h9-12H,5-8H2,1-4H3. The van der Waals surface area contributed by atoms with Crippen LogP contribution in [0.5, 0.6) is 0 Å². The molecule has 92 valence electrons. The molecule has 0 aliphatic rings. The lowest BCUT2D eigenvalue weighted by atomic mass is 10.0. The largest absolute Gasteiger partial charge is 0.318 e. The Morgan fingerprint density at radius 2 is 1.67 bits per heavy atom. The zero-order valence-electron chi connectivity index (χ0n) is 10.2. The fourth-order valence-corrected chi connectivity index (χ4v) is 2.49. The van der Waals surface area contributed by atoms with Gasteiger partial charge in [0.25, 0.3) is 0 Å². The lowest BCUT2D eigenvalue weighted by Gasteiger charge is -2.17. The molecule has 2 N–H and O–H groups in total. The van der Waals surface area contributed by atoms with Crippen LogP contribution in [0.3, 0.4) is 0 Å². The zero-order chi connectivity index (χ0) is 11.9. The molecule has 0 fully saturated rings. The van der Waals surface area contributed by atoms with Gasteiger partial charge < -0.3 is 5.32 Å². The van der Waals surface area contributed by atoms with Gasteiger partial charge in [-0.3, -0.25) is 0 Å². The second-order valence-electron chi connectivity index (χ2n) is 3.94. The van der Waals surface area contributed by atoms with E-state index in [0.29, 0.717) is 19.0 Å². The normalized spacial score (nSPS) is 14.5. The molecule has 0 heterocycles. The smallest absolute Gasteiger partial charge is 0.215 e. The van der Waals surface area contributed by atoms with Crippen molar-refractivity contribution in [3.8, 4) is 0 Å². The van der Waals surface area contributed by atoms with Gasteiger partial charge in [0.1, 0.15) is 0 Å². The van der Waals surface area contributed by atoms with Crippen LogP contribution >= 0.6 is 0 Å². The minimum Gasteiger partial charge on any atom is -0.318 e. The molecule has 1 atom stereocenters. The molecule has 0 amide bonds. The summed E-state index contributed by atoms with van der Waals surface area (Å²) in [7, 11) is -1.39. The summed E-state index contributed by atoms with van der Waals surface area (Å²) in [6.45, 7) is 6.92. The van der Waals surface area contributed by atoms with E-state index >= 15 is 0 Å². The summed E-state index contributed by atoms with van der Waals surface area (Å²) in [5.41, 5.74) is 0. The van der Waals surface area contributed by atoms with E-state index in [4.69, 9.17) is 0 Å². The van der Waals surface area contributed by atoms with E-state index in [9.17, 15) is 8.42 Å². The first-order chi connectivity index (χ1) is 6.97. The highest BCUT2D eigenvalue weighted by molar-refractivity contribution is 7.90. The zero-order valence-corrected chi connectivity index (χ0v) is 11.0. The lowest BCUT2D eigenvalue weighted by molar-refractivity contribution is 0.475. The maximum absolute atomic E-state index is 11.7. The number of nitrogens with one attached hydrogen (secondary N) is 2. The lowest BCUT2D eigenvalue weighted by Crippen LogP contribution is -2.39. The highest BCUT2D eigenvalue weighted by atomic mass is 32.2. The van der Waals surface area contributed by atoms with Crippen molar-refractivity contribution in [1.82, 2.24) is 10.0 Å². The second-order valence-corrected chi connectivity index (χ2v) is 6.13. The van der Waals surface area contributed by atoms with E-state index in [-0.39, 0.29) is 5.25 Å². The third-order valence-corrected chi connectivity index (χ3v) is 4.54. The molecule has 0 aromatic heterocycles. The first kappa shape index (κ1) is 14.9. The predicted octanol–water partition coefficient (Wildman–Crippen LogP) is 0.950. The van der Waals surface area contributed by atoms with Crippen LogP contribution in [0.4, 0.5) is 0 Å². The van der Waals surface area contributed by atoms with Crippen LogP contribution in [0.1, 0.15) is 33.6 Å². The average Bonchev–Trinajstić information content (AvgIpc) is 2.19. The van der Waals surface area contributed by atoms with Gasteiger partial charge >= 0.3 is 0 Å². The first-order valence-electron chi connectivity index (χ1n) is 5.60. The minimum absolute atomic E-state index is 0.378. The van der Waals surface area contributed by atoms with E-state index in [1.807, 2.05) is 0 Å². The summed E-state index contributed by atoms with van der Waals surface area (Å²) in [4.78, 5) is 0. The van der Waals surface area contributed by atoms with Gasteiger partial charge in [-0.25, -0.2) is 13.1 Å². The molecule has 4 nitrogen and oxygen atoms in total. The Morgan fingerprint density at radius 1 is 1.13 bits per heavy atom. The number of sulfonamides is 1. The van der Waals surface area contributed by atoms with E-state index < -0.39 is 10.0 Å². The second kappa shape index (κ2) is 7.19. The number of hydrogen-bond donors (Lipinski definition) is 2. The minimum atomic E-state index is -3.15. The van der Waals surface area contributed by atoms with E-state index in [1.165, 1.54) is 0 Å². The molecule has 15 heavy (non-hydrogen) atoms. The van der Waals surface area contributed by atoms with Gasteiger partial charge in [-0.2, -0.15) is 0 Å².